The Morgan fingerprint density at radius 3 is 2.79 bits per heavy atom. The fourth-order valence-corrected chi connectivity index (χ4v) is 3.02. The average Bonchev–Trinajstić information content (AvgIpc) is 3.13. The van der Waals surface area contributed by atoms with Gasteiger partial charge in [-0.15, -0.1) is 0 Å². The van der Waals surface area contributed by atoms with Crippen LogP contribution in [-0.2, 0) is 9.59 Å². The highest BCUT2D eigenvalue weighted by molar-refractivity contribution is 6.14. The van der Waals surface area contributed by atoms with Gasteiger partial charge in [-0.25, -0.2) is 5.43 Å². The van der Waals surface area contributed by atoms with E-state index in [1.165, 1.54) is 0 Å². The lowest BCUT2D eigenvalue weighted by molar-refractivity contribution is -0.145. The molecule has 8 nitrogen and oxygen atoms in total. The topological polar surface area (TPSA) is 127 Å². The molecule has 1 aliphatic rings. The third-order valence-electron chi connectivity index (χ3n) is 4.23. The summed E-state index contributed by atoms with van der Waals surface area (Å²) in [4.78, 5) is 26.6. The minimum Gasteiger partial charge on any atom is -0.481 e. The molecule has 0 spiro atoms. The third-order valence-corrected chi connectivity index (χ3v) is 4.23. The molecule has 0 saturated carbocycles. The molecule has 3 rings (SSSR count). The van der Waals surface area contributed by atoms with Crippen LogP contribution in [0.2, 0.25) is 0 Å². The van der Waals surface area contributed by atoms with E-state index >= 15 is 0 Å². The first kappa shape index (κ1) is 15.7. The van der Waals surface area contributed by atoms with E-state index in [-0.39, 0.29) is 12.1 Å². The van der Waals surface area contributed by atoms with Crippen LogP contribution < -0.4 is 5.43 Å². The summed E-state index contributed by atoms with van der Waals surface area (Å²) < 4.78 is 0. The molecular formula is C16H16N4O4. The lowest BCUT2D eigenvalue weighted by Crippen LogP contribution is -2.36. The van der Waals surface area contributed by atoms with E-state index in [0.717, 1.165) is 10.9 Å². The summed E-state index contributed by atoms with van der Waals surface area (Å²) in [6.07, 6.45) is 1.56. The first-order valence-corrected chi connectivity index (χ1v) is 7.37. The van der Waals surface area contributed by atoms with Crippen molar-refractivity contribution in [1.29, 1.82) is 0 Å². The molecule has 2 atom stereocenters. The van der Waals surface area contributed by atoms with E-state index in [0.29, 0.717) is 11.3 Å². The van der Waals surface area contributed by atoms with Crippen molar-refractivity contribution in [2.45, 2.75) is 13.3 Å². The van der Waals surface area contributed by atoms with Gasteiger partial charge in [-0.2, -0.15) is 5.10 Å². The maximum absolute atomic E-state index is 11.9. The number of carbonyl (C=O) groups is 2. The van der Waals surface area contributed by atoms with Crippen LogP contribution in [0.5, 0.6) is 0 Å². The van der Waals surface area contributed by atoms with Gasteiger partial charge in [0.05, 0.1) is 17.5 Å². The Kier molecular flexibility index (Phi) is 4.03. The van der Waals surface area contributed by atoms with Crippen molar-refractivity contribution in [3.63, 3.8) is 0 Å². The van der Waals surface area contributed by atoms with Gasteiger partial charge in [0.1, 0.15) is 0 Å². The largest absolute Gasteiger partial charge is 0.481 e. The summed E-state index contributed by atoms with van der Waals surface area (Å²) in [5, 5.41) is 26.9. The second kappa shape index (κ2) is 6.15. The van der Waals surface area contributed by atoms with Gasteiger partial charge in [0.25, 0.3) is 0 Å². The summed E-state index contributed by atoms with van der Waals surface area (Å²) in [5.74, 6) is -3.57. The Labute approximate surface area is 136 Å². The van der Waals surface area contributed by atoms with Gasteiger partial charge >= 0.3 is 5.97 Å². The van der Waals surface area contributed by atoms with E-state index in [2.05, 4.69) is 20.7 Å². The Morgan fingerprint density at radius 1 is 1.42 bits per heavy atom. The van der Waals surface area contributed by atoms with E-state index in [4.69, 9.17) is 0 Å². The molecule has 0 bridgehead atoms. The molecule has 0 radical (unpaired) electrons. The highest BCUT2D eigenvalue weighted by Gasteiger charge is 2.40. The molecule has 0 aliphatic carbocycles. The molecule has 124 valence electrons. The normalized spacial score (nSPS) is 19.2. The van der Waals surface area contributed by atoms with Gasteiger partial charge in [0, 0.05) is 34.8 Å². The summed E-state index contributed by atoms with van der Waals surface area (Å²) in [6, 6.07) is 7.41. The number of hydrazone groups is 1. The number of oxime groups is 1. The number of carboxylic acids is 1. The van der Waals surface area contributed by atoms with Crippen LogP contribution >= 0.6 is 0 Å². The van der Waals surface area contributed by atoms with Crippen LogP contribution in [0.4, 0.5) is 0 Å². The van der Waals surface area contributed by atoms with Gasteiger partial charge in [-0.3, -0.25) is 9.59 Å². The predicted molar refractivity (Wildman–Crippen MR) is 87.1 cm³/mol. The third kappa shape index (κ3) is 2.62. The number of rotatable bonds is 5. The van der Waals surface area contributed by atoms with Crippen molar-refractivity contribution in [3.05, 3.63) is 36.0 Å². The highest BCUT2D eigenvalue weighted by Crippen LogP contribution is 2.27. The standard InChI is InChI=1S/C16H16N4O4/c1-8-14(15(21)19-18-8)10(16(22)23)6-13(20-24)11-7-17-12-5-3-2-4-9(11)12/h2-5,7,10,14,17,24H,6H2,1H3,(H,19,21)(H,22,23)/b20-13+. The SMILES string of the molecule is CC1=NNC(=O)C1C(C/C(=N\O)c1c[nH]c2ccccc12)C(=O)O. The van der Waals surface area contributed by atoms with Crippen molar-refractivity contribution in [3.8, 4) is 0 Å². The van der Waals surface area contributed by atoms with Crippen molar-refractivity contribution in [2.24, 2.45) is 22.1 Å². The molecule has 1 aromatic carbocycles. The lowest BCUT2D eigenvalue weighted by atomic mass is 9.83. The number of fused-ring (bicyclic) bond motifs is 1. The van der Waals surface area contributed by atoms with Crippen LogP contribution in [0.3, 0.4) is 0 Å². The molecule has 24 heavy (non-hydrogen) atoms. The molecule has 2 unspecified atom stereocenters. The van der Waals surface area contributed by atoms with E-state index < -0.39 is 23.7 Å². The first-order valence-electron chi connectivity index (χ1n) is 7.37. The monoisotopic (exact) mass is 328 g/mol. The Balaban J connectivity index is 1.95. The Hall–Kier alpha value is -3.16. The number of amides is 1. The second-order valence-electron chi connectivity index (χ2n) is 5.65. The molecule has 8 heteroatoms. The Morgan fingerprint density at radius 2 is 2.17 bits per heavy atom. The zero-order valence-corrected chi connectivity index (χ0v) is 12.9. The Bertz CT molecular complexity index is 868. The molecule has 4 N–H and O–H groups in total. The van der Waals surface area contributed by atoms with Crippen LogP contribution in [-0.4, -0.2) is 38.6 Å². The molecule has 2 aromatic rings. The number of hydrogen-bond donors (Lipinski definition) is 4. The molecule has 0 fully saturated rings. The summed E-state index contributed by atoms with van der Waals surface area (Å²) in [5.41, 5.74) is 4.34. The number of carboxylic acid groups (broad SMARTS) is 1. The summed E-state index contributed by atoms with van der Waals surface area (Å²) in [7, 11) is 0. The molecular weight excluding hydrogens is 312 g/mol. The predicted octanol–water partition coefficient (Wildman–Crippen LogP) is 1.56. The van der Waals surface area contributed by atoms with Gasteiger partial charge < -0.3 is 15.3 Å². The quantitative estimate of drug-likeness (QED) is 0.377. The zero-order valence-electron chi connectivity index (χ0n) is 12.9. The van der Waals surface area contributed by atoms with Crippen molar-refractivity contribution >= 4 is 34.2 Å². The molecule has 0 saturated heterocycles. The van der Waals surface area contributed by atoms with Crippen LogP contribution in [0.15, 0.2) is 40.7 Å². The number of H-pyrrole nitrogens is 1. The summed E-state index contributed by atoms with van der Waals surface area (Å²) >= 11 is 0. The maximum Gasteiger partial charge on any atom is 0.308 e. The van der Waals surface area contributed by atoms with Gasteiger partial charge in [-0.05, 0) is 13.0 Å². The highest BCUT2D eigenvalue weighted by atomic mass is 16.4. The fourth-order valence-electron chi connectivity index (χ4n) is 3.02. The van der Waals surface area contributed by atoms with E-state index in [9.17, 15) is 19.9 Å². The first-order chi connectivity index (χ1) is 11.5. The second-order valence-corrected chi connectivity index (χ2v) is 5.65. The van der Waals surface area contributed by atoms with E-state index in [1.54, 1.807) is 13.1 Å². The number of aliphatic carboxylic acids is 1. The van der Waals surface area contributed by atoms with Crippen molar-refractivity contribution < 1.29 is 19.9 Å². The van der Waals surface area contributed by atoms with Crippen LogP contribution in [0, 0.1) is 11.8 Å². The van der Waals surface area contributed by atoms with E-state index in [1.807, 2.05) is 24.3 Å². The maximum atomic E-state index is 11.9. The van der Waals surface area contributed by atoms with Crippen LogP contribution in [0.1, 0.15) is 18.9 Å². The molecule has 1 aromatic heterocycles. The molecule has 1 amide bonds. The zero-order chi connectivity index (χ0) is 17.3. The van der Waals surface area contributed by atoms with Gasteiger partial charge in [-0.1, -0.05) is 23.4 Å². The number of para-hydroxylation sites is 1. The number of carbonyl (C=O) groups excluding carboxylic acids is 1. The van der Waals surface area contributed by atoms with Gasteiger partial charge in [0.15, 0.2) is 0 Å². The minimum absolute atomic E-state index is 0.0986. The number of benzene rings is 1. The van der Waals surface area contributed by atoms with Crippen LogP contribution in [0.25, 0.3) is 10.9 Å². The molecule has 2 heterocycles. The molecule has 1 aliphatic heterocycles. The summed E-state index contributed by atoms with van der Waals surface area (Å²) in [6.45, 7) is 1.60. The number of aromatic nitrogens is 1. The van der Waals surface area contributed by atoms with Crippen molar-refractivity contribution in [2.75, 3.05) is 0 Å². The average molecular weight is 328 g/mol. The number of nitrogens with zero attached hydrogens (tertiary/aromatic N) is 2. The number of hydrogen-bond acceptors (Lipinski definition) is 5. The number of nitrogens with one attached hydrogen (secondary N) is 2. The number of aromatic amines is 1. The fraction of sp³-hybridized carbons (Fsp3) is 0.250. The van der Waals surface area contributed by atoms with Crippen molar-refractivity contribution in [1.82, 2.24) is 10.4 Å². The lowest BCUT2D eigenvalue weighted by Gasteiger charge is -2.18. The minimum atomic E-state index is -1.15. The van der Waals surface area contributed by atoms with Gasteiger partial charge in [0.2, 0.25) is 5.91 Å². The smallest absolute Gasteiger partial charge is 0.308 e.